The average molecular weight is 300 g/mol. The molecule has 0 amide bonds. The van der Waals surface area contributed by atoms with Crippen LogP contribution >= 0.6 is 15.9 Å². The van der Waals surface area contributed by atoms with E-state index >= 15 is 0 Å². The third kappa shape index (κ3) is 2.26. The van der Waals surface area contributed by atoms with Gasteiger partial charge in [-0.15, -0.1) is 0 Å². The van der Waals surface area contributed by atoms with E-state index in [0.29, 0.717) is 0 Å². The molecule has 1 aromatic carbocycles. The number of ether oxygens (including phenoxy) is 1. The number of nitro groups is 1. The second-order valence-corrected chi connectivity index (χ2v) is 3.58. The van der Waals surface area contributed by atoms with Crippen LogP contribution in [0.1, 0.15) is 5.56 Å². The Morgan fingerprint density at radius 1 is 1.44 bits per heavy atom. The van der Waals surface area contributed by atoms with Crippen LogP contribution in [-0.2, 0) is 6.18 Å². The lowest BCUT2D eigenvalue weighted by Crippen LogP contribution is -2.10. The van der Waals surface area contributed by atoms with Gasteiger partial charge in [-0.1, -0.05) is 15.9 Å². The molecule has 1 rings (SSSR count). The van der Waals surface area contributed by atoms with Crippen LogP contribution in [0.2, 0.25) is 0 Å². The molecule has 4 nitrogen and oxygen atoms in total. The quantitative estimate of drug-likeness (QED) is 0.621. The Kier molecular flexibility index (Phi) is 3.41. The van der Waals surface area contributed by atoms with Crippen molar-refractivity contribution in [3.8, 4) is 5.75 Å². The molecular formula is C8H5BrF3NO3. The predicted octanol–water partition coefficient (Wildman–Crippen LogP) is 3.38. The molecule has 0 heterocycles. The number of hydrogen-bond donors (Lipinski definition) is 0. The molecule has 0 aliphatic carbocycles. The molecule has 16 heavy (non-hydrogen) atoms. The molecule has 8 heteroatoms. The lowest BCUT2D eigenvalue weighted by molar-refractivity contribution is -0.386. The number of halogens is 4. The highest BCUT2D eigenvalue weighted by atomic mass is 79.9. The van der Waals surface area contributed by atoms with Crippen molar-refractivity contribution in [3.05, 3.63) is 32.3 Å². The van der Waals surface area contributed by atoms with E-state index in [4.69, 9.17) is 0 Å². The number of methoxy groups -OCH3 is 1. The van der Waals surface area contributed by atoms with Crippen LogP contribution in [0.5, 0.6) is 5.75 Å². The van der Waals surface area contributed by atoms with Crippen molar-refractivity contribution in [2.24, 2.45) is 0 Å². The minimum absolute atomic E-state index is 0.303. The Hall–Kier alpha value is -1.31. The summed E-state index contributed by atoms with van der Waals surface area (Å²) in [5.74, 6) is -0.799. The molecule has 0 unspecified atom stereocenters. The van der Waals surface area contributed by atoms with Crippen LogP contribution in [0.4, 0.5) is 18.9 Å². The highest BCUT2D eigenvalue weighted by molar-refractivity contribution is 9.10. The Morgan fingerprint density at radius 3 is 2.38 bits per heavy atom. The Morgan fingerprint density at radius 2 is 2.00 bits per heavy atom. The summed E-state index contributed by atoms with van der Waals surface area (Å²) < 4.78 is 42.0. The first-order valence-electron chi connectivity index (χ1n) is 3.87. The summed E-state index contributed by atoms with van der Waals surface area (Å²) in [6.07, 6.45) is -4.73. The second-order valence-electron chi connectivity index (χ2n) is 2.73. The molecule has 1 aromatic rings. The monoisotopic (exact) mass is 299 g/mol. The zero-order chi connectivity index (χ0) is 12.5. The molecule has 0 saturated heterocycles. The number of benzene rings is 1. The first kappa shape index (κ1) is 12.8. The van der Waals surface area contributed by atoms with Gasteiger partial charge in [0.25, 0.3) is 0 Å². The molecule has 0 aliphatic heterocycles. The maximum atomic E-state index is 12.6. The zero-order valence-electron chi connectivity index (χ0n) is 7.84. The van der Waals surface area contributed by atoms with Crippen molar-refractivity contribution in [1.29, 1.82) is 0 Å². The van der Waals surface area contributed by atoms with Gasteiger partial charge in [-0.25, -0.2) is 0 Å². The van der Waals surface area contributed by atoms with Gasteiger partial charge in [-0.2, -0.15) is 13.2 Å². The summed E-state index contributed by atoms with van der Waals surface area (Å²) >= 11 is 2.68. The van der Waals surface area contributed by atoms with Crippen LogP contribution in [0, 0.1) is 10.1 Å². The number of rotatable bonds is 2. The topological polar surface area (TPSA) is 52.4 Å². The summed E-state index contributed by atoms with van der Waals surface area (Å²) in [5.41, 5.74) is -1.91. The van der Waals surface area contributed by atoms with E-state index in [0.717, 1.165) is 19.2 Å². The second kappa shape index (κ2) is 4.28. The van der Waals surface area contributed by atoms with Gasteiger partial charge in [0.05, 0.1) is 12.0 Å². The van der Waals surface area contributed by atoms with E-state index in [9.17, 15) is 23.3 Å². The standard InChI is InChI=1S/C8H5BrF3NO3/c1-16-7-5(13(14)15)3-2-4(9)6(7)8(10,11)12/h2-3H,1H3. The van der Waals surface area contributed by atoms with Crippen molar-refractivity contribution in [3.63, 3.8) is 0 Å². The third-order valence-electron chi connectivity index (χ3n) is 1.77. The number of hydrogen-bond acceptors (Lipinski definition) is 3. The van der Waals surface area contributed by atoms with Gasteiger partial charge in [0.15, 0.2) is 0 Å². The van der Waals surface area contributed by atoms with Crippen molar-refractivity contribution >= 4 is 21.6 Å². The molecular weight excluding hydrogens is 295 g/mol. The molecule has 0 radical (unpaired) electrons. The van der Waals surface area contributed by atoms with E-state index in [2.05, 4.69) is 20.7 Å². The minimum Gasteiger partial charge on any atom is -0.490 e. The van der Waals surface area contributed by atoms with Gasteiger partial charge >= 0.3 is 11.9 Å². The van der Waals surface area contributed by atoms with Crippen molar-refractivity contribution in [1.82, 2.24) is 0 Å². The summed E-state index contributed by atoms with van der Waals surface area (Å²) in [5, 5.41) is 10.5. The molecule has 88 valence electrons. The summed E-state index contributed by atoms with van der Waals surface area (Å²) in [6, 6.07) is 1.90. The van der Waals surface area contributed by atoms with E-state index in [-0.39, 0.29) is 4.47 Å². The third-order valence-corrected chi connectivity index (χ3v) is 2.43. The fourth-order valence-corrected chi connectivity index (χ4v) is 1.70. The van der Waals surface area contributed by atoms with E-state index < -0.39 is 28.1 Å². The first-order valence-corrected chi connectivity index (χ1v) is 4.66. The highest BCUT2D eigenvalue weighted by Gasteiger charge is 2.40. The predicted molar refractivity (Wildman–Crippen MR) is 52.4 cm³/mol. The molecule has 0 aliphatic rings. The smallest absolute Gasteiger partial charge is 0.421 e. The maximum Gasteiger partial charge on any atom is 0.421 e. The van der Waals surface area contributed by atoms with E-state index in [1.807, 2.05) is 0 Å². The van der Waals surface area contributed by atoms with Crippen LogP contribution in [0.25, 0.3) is 0 Å². The van der Waals surface area contributed by atoms with Gasteiger partial charge in [-0.05, 0) is 6.07 Å². The van der Waals surface area contributed by atoms with Gasteiger partial charge < -0.3 is 4.74 Å². The Labute approximate surface area is 96.3 Å². The van der Waals surface area contributed by atoms with Crippen molar-refractivity contribution in [2.75, 3.05) is 7.11 Å². The minimum atomic E-state index is -4.73. The van der Waals surface area contributed by atoms with Crippen LogP contribution in [-0.4, -0.2) is 12.0 Å². The van der Waals surface area contributed by atoms with Crippen molar-refractivity contribution in [2.45, 2.75) is 6.18 Å². The Balaban J connectivity index is 3.57. The van der Waals surface area contributed by atoms with Gasteiger partial charge in [0.2, 0.25) is 5.75 Å². The number of alkyl halides is 3. The molecule has 0 atom stereocenters. The van der Waals surface area contributed by atoms with Crippen molar-refractivity contribution < 1.29 is 22.8 Å². The zero-order valence-corrected chi connectivity index (χ0v) is 9.42. The molecule has 0 fully saturated rings. The fraction of sp³-hybridized carbons (Fsp3) is 0.250. The van der Waals surface area contributed by atoms with Crippen LogP contribution < -0.4 is 4.74 Å². The first-order chi connectivity index (χ1) is 7.29. The SMILES string of the molecule is COc1c([N+](=O)[O-])ccc(Br)c1C(F)(F)F. The normalized spacial score (nSPS) is 11.3. The van der Waals surface area contributed by atoms with Gasteiger partial charge in [0.1, 0.15) is 5.56 Å². The average Bonchev–Trinajstić information content (AvgIpc) is 2.14. The summed E-state index contributed by atoms with van der Waals surface area (Å²) in [7, 11) is 0.948. The summed E-state index contributed by atoms with van der Waals surface area (Å²) in [4.78, 5) is 9.58. The van der Waals surface area contributed by atoms with E-state index in [1.165, 1.54) is 0 Å². The largest absolute Gasteiger partial charge is 0.490 e. The molecule has 0 N–H and O–H groups in total. The molecule has 0 spiro atoms. The Bertz CT molecular complexity index is 433. The number of nitro benzene ring substituents is 1. The number of nitrogens with zero attached hydrogens (tertiary/aromatic N) is 1. The van der Waals surface area contributed by atoms with Crippen LogP contribution in [0.15, 0.2) is 16.6 Å². The van der Waals surface area contributed by atoms with Crippen LogP contribution in [0.3, 0.4) is 0 Å². The lowest BCUT2D eigenvalue weighted by atomic mass is 10.1. The molecule has 0 aromatic heterocycles. The lowest BCUT2D eigenvalue weighted by Gasteiger charge is -2.13. The fourth-order valence-electron chi connectivity index (χ4n) is 1.16. The maximum absolute atomic E-state index is 12.6. The highest BCUT2D eigenvalue weighted by Crippen LogP contribution is 2.45. The van der Waals surface area contributed by atoms with Gasteiger partial charge in [0, 0.05) is 10.5 Å². The molecule has 0 saturated carbocycles. The van der Waals surface area contributed by atoms with Gasteiger partial charge in [-0.3, -0.25) is 10.1 Å². The molecule has 0 bridgehead atoms. The summed E-state index contributed by atoms with van der Waals surface area (Å²) in [6.45, 7) is 0. The van der Waals surface area contributed by atoms with E-state index in [1.54, 1.807) is 0 Å².